The summed E-state index contributed by atoms with van der Waals surface area (Å²) in [5, 5.41) is 0. The zero-order valence-electron chi connectivity index (χ0n) is 10.8. The van der Waals surface area contributed by atoms with Gasteiger partial charge in [0.05, 0.1) is 23.7 Å². The maximum absolute atomic E-state index is 12.7. The summed E-state index contributed by atoms with van der Waals surface area (Å²) >= 11 is 0. The van der Waals surface area contributed by atoms with Crippen molar-refractivity contribution in [1.29, 1.82) is 0 Å². The van der Waals surface area contributed by atoms with E-state index in [4.69, 9.17) is 0 Å². The third kappa shape index (κ3) is 1.11. The van der Waals surface area contributed by atoms with Gasteiger partial charge in [-0.25, -0.2) is 4.90 Å². The molecule has 20 heavy (non-hydrogen) atoms. The molecule has 4 nitrogen and oxygen atoms in total. The number of pyridine rings is 1. The molecule has 0 aromatic carbocycles. The van der Waals surface area contributed by atoms with E-state index in [1.165, 1.54) is 11.3 Å². The van der Waals surface area contributed by atoms with E-state index in [0.717, 1.165) is 0 Å². The molecule has 1 aromatic rings. The molecular weight excluding hydrogens is 252 g/mol. The maximum atomic E-state index is 12.7. The molecular formula is C16H14N2O2. The molecule has 0 radical (unpaired) electrons. The number of hydrogen-bond acceptors (Lipinski definition) is 3. The molecule has 5 aliphatic rings. The Labute approximate surface area is 116 Å². The van der Waals surface area contributed by atoms with Gasteiger partial charge in [0.25, 0.3) is 0 Å². The van der Waals surface area contributed by atoms with Crippen molar-refractivity contribution in [3.05, 3.63) is 36.7 Å². The molecule has 0 unspecified atom stereocenters. The molecule has 3 fully saturated rings. The molecule has 1 aromatic heterocycles. The quantitative estimate of drug-likeness (QED) is 0.573. The van der Waals surface area contributed by atoms with E-state index in [9.17, 15) is 9.59 Å². The van der Waals surface area contributed by atoms with Crippen molar-refractivity contribution < 1.29 is 9.59 Å². The van der Waals surface area contributed by atoms with Crippen LogP contribution in [0, 0.1) is 35.5 Å². The van der Waals surface area contributed by atoms with Gasteiger partial charge in [0.15, 0.2) is 0 Å². The van der Waals surface area contributed by atoms with Crippen molar-refractivity contribution in [3.63, 3.8) is 0 Å². The summed E-state index contributed by atoms with van der Waals surface area (Å²) in [4.78, 5) is 30.9. The summed E-state index contributed by atoms with van der Waals surface area (Å²) in [5.74, 6) is 1.59. The van der Waals surface area contributed by atoms with E-state index in [-0.39, 0.29) is 35.5 Å². The predicted octanol–water partition coefficient (Wildman–Crippen LogP) is 1.64. The minimum atomic E-state index is -0.124. The zero-order chi connectivity index (χ0) is 13.4. The number of hydrogen-bond donors (Lipinski definition) is 0. The van der Waals surface area contributed by atoms with Crippen LogP contribution >= 0.6 is 0 Å². The Morgan fingerprint density at radius 2 is 1.70 bits per heavy atom. The van der Waals surface area contributed by atoms with Crippen molar-refractivity contribution >= 4 is 17.5 Å². The molecule has 1 saturated heterocycles. The number of aromatic nitrogens is 1. The van der Waals surface area contributed by atoms with Gasteiger partial charge in [0.2, 0.25) is 11.8 Å². The van der Waals surface area contributed by atoms with Gasteiger partial charge < -0.3 is 0 Å². The molecule has 4 heteroatoms. The molecule has 0 spiro atoms. The minimum Gasteiger partial charge on any atom is -0.274 e. The van der Waals surface area contributed by atoms with Gasteiger partial charge in [-0.1, -0.05) is 12.2 Å². The predicted molar refractivity (Wildman–Crippen MR) is 71.4 cm³/mol. The Bertz CT molecular complexity index is 618. The molecule has 0 N–H and O–H groups in total. The van der Waals surface area contributed by atoms with Crippen LogP contribution in [0.15, 0.2) is 36.7 Å². The van der Waals surface area contributed by atoms with E-state index in [1.807, 2.05) is 0 Å². The monoisotopic (exact) mass is 266 g/mol. The fourth-order valence-corrected chi connectivity index (χ4v) is 4.70. The average molecular weight is 266 g/mol. The Hall–Kier alpha value is -1.97. The third-order valence-electron chi connectivity index (χ3n) is 5.57. The van der Waals surface area contributed by atoms with Gasteiger partial charge in [0, 0.05) is 6.20 Å². The van der Waals surface area contributed by atoms with Gasteiger partial charge in [-0.3, -0.25) is 14.6 Å². The van der Waals surface area contributed by atoms with Gasteiger partial charge in [-0.2, -0.15) is 0 Å². The summed E-state index contributed by atoms with van der Waals surface area (Å²) in [7, 11) is 0. The van der Waals surface area contributed by atoms with Gasteiger partial charge in [-0.05, 0) is 42.2 Å². The second kappa shape index (κ2) is 3.37. The van der Waals surface area contributed by atoms with Crippen LogP contribution in [-0.2, 0) is 9.59 Å². The molecule has 2 amide bonds. The number of carbonyl (C=O) groups excluding carboxylic acids is 2. The number of rotatable bonds is 1. The van der Waals surface area contributed by atoms with Crippen LogP contribution in [-0.4, -0.2) is 16.8 Å². The number of nitrogens with zero attached hydrogens (tertiary/aromatic N) is 2. The molecule has 1 aliphatic heterocycles. The van der Waals surface area contributed by atoms with E-state index >= 15 is 0 Å². The Morgan fingerprint density at radius 3 is 2.25 bits per heavy atom. The first kappa shape index (κ1) is 10.8. The summed E-state index contributed by atoms with van der Waals surface area (Å²) < 4.78 is 0. The highest BCUT2D eigenvalue weighted by Gasteiger charge is 2.67. The number of carbonyl (C=O) groups is 2. The van der Waals surface area contributed by atoms with Crippen molar-refractivity contribution in [2.45, 2.75) is 6.42 Å². The second-order valence-electron chi connectivity index (χ2n) is 6.38. The van der Waals surface area contributed by atoms with Crippen molar-refractivity contribution in [2.75, 3.05) is 4.90 Å². The van der Waals surface area contributed by atoms with Crippen LogP contribution in [0.3, 0.4) is 0 Å². The molecule has 6 rings (SSSR count). The van der Waals surface area contributed by atoms with Crippen molar-refractivity contribution in [3.8, 4) is 0 Å². The van der Waals surface area contributed by atoms with Gasteiger partial charge >= 0.3 is 0 Å². The zero-order valence-corrected chi connectivity index (χ0v) is 10.8. The normalized spacial score (nSPS) is 43.7. The molecule has 2 bridgehead atoms. The summed E-state index contributed by atoms with van der Waals surface area (Å²) in [6, 6.07) is 3.55. The standard InChI is InChI=1S/C16H14N2O2/c19-15-13-9-3-4-10(12-6-11(9)12)14(13)16(20)18(15)8-2-1-5-17-7-8/h1-5,7,9-14H,6H2/t9-,10-,11-,12-,13-,14+/m1/s1. The SMILES string of the molecule is O=C1[C@@H]2[C@@H]3C=C[C@H]([C@H]4C[C@H]34)[C@@H]2C(=O)N1c1cccnc1. The molecule has 4 aliphatic carbocycles. The lowest BCUT2D eigenvalue weighted by molar-refractivity contribution is -0.124. The largest absolute Gasteiger partial charge is 0.274 e. The maximum Gasteiger partial charge on any atom is 0.238 e. The van der Waals surface area contributed by atoms with Gasteiger partial charge in [0.1, 0.15) is 0 Å². The van der Waals surface area contributed by atoms with Crippen LogP contribution in [0.2, 0.25) is 0 Å². The van der Waals surface area contributed by atoms with E-state index in [1.54, 1.807) is 24.5 Å². The summed E-state index contributed by atoms with van der Waals surface area (Å²) in [6.45, 7) is 0. The highest BCUT2D eigenvalue weighted by atomic mass is 16.2. The van der Waals surface area contributed by atoms with Crippen LogP contribution in [0.4, 0.5) is 5.69 Å². The van der Waals surface area contributed by atoms with Crippen LogP contribution in [0.1, 0.15) is 6.42 Å². The van der Waals surface area contributed by atoms with E-state index in [2.05, 4.69) is 17.1 Å². The number of anilines is 1. The van der Waals surface area contributed by atoms with Crippen LogP contribution in [0.25, 0.3) is 0 Å². The Morgan fingerprint density at radius 1 is 1.05 bits per heavy atom. The highest BCUT2D eigenvalue weighted by molar-refractivity contribution is 6.22. The average Bonchev–Trinajstić information content (AvgIpc) is 3.25. The minimum absolute atomic E-state index is 0.0160. The van der Waals surface area contributed by atoms with Crippen LogP contribution in [0.5, 0.6) is 0 Å². The Balaban J connectivity index is 1.61. The van der Waals surface area contributed by atoms with Gasteiger partial charge in [-0.15, -0.1) is 0 Å². The third-order valence-corrected chi connectivity index (χ3v) is 5.57. The molecule has 2 heterocycles. The molecule has 2 saturated carbocycles. The first-order chi connectivity index (χ1) is 9.77. The lowest BCUT2D eigenvalue weighted by Gasteiger charge is -2.37. The van der Waals surface area contributed by atoms with Crippen LogP contribution < -0.4 is 4.90 Å². The Kier molecular flexibility index (Phi) is 1.82. The smallest absolute Gasteiger partial charge is 0.238 e. The van der Waals surface area contributed by atoms with Crippen molar-refractivity contribution in [1.82, 2.24) is 4.98 Å². The first-order valence-electron chi connectivity index (χ1n) is 7.23. The number of allylic oxidation sites excluding steroid dienone is 2. The summed E-state index contributed by atoms with van der Waals surface area (Å²) in [5.41, 5.74) is 0.616. The summed E-state index contributed by atoms with van der Waals surface area (Å²) in [6.07, 6.45) is 8.84. The fraction of sp³-hybridized carbons (Fsp3) is 0.438. The topological polar surface area (TPSA) is 50.3 Å². The number of amides is 2. The number of imide groups is 1. The highest BCUT2D eigenvalue weighted by Crippen LogP contribution is 2.65. The fourth-order valence-electron chi connectivity index (χ4n) is 4.70. The lowest BCUT2D eigenvalue weighted by atomic mass is 9.63. The molecule has 6 atom stereocenters. The van der Waals surface area contributed by atoms with E-state index < -0.39 is 0 Å². The van der Waals surface area contributed by atoms with Crippen molar-refractivity contribution in [2.24, 2.45) is 35.5 Å². The molecule has 100 valence electrons. The lowest BCUT2D eigenvalue weighted by Crippen LogP contribution is -2.40. The van der Waals surface area contributed by atoms with E-state index in [0.29, 0.717) is 17.5 Å². The first-order valence-corrected chi connectivity index (χ1v) is 7.23. The second-order valence-corrected chi connectivity index (χ2v) is 6.38.